The number of rotatable bonds is 5. The summed E-state index contributed by atoms with van der Waals surface area (Å²) in [5, 5.41) is 9.28. The quantitative estimate of drug-likeness (QED) is 0.836. The number of benzene rings is 1. The van der Waals surface area contributed by atoms with Crippen LogP contribution in [0.2, 0.25) is 0 Å². The lowest BCUT2D eigenvalue weighted by Crippen LogP contribution is -2.35. The molecule has 116 valence electrons. The van der Waals surface area contributed by atoms with Gasteiger partial charge in [0.2, 0.25) is 10.0 Å². The van der Waals surface area contributed by atoms with E-state index in [9.17, 15) is 13.5 Å². The lowest BCUT2D eigenvalue weighted by Gasteiger charge is -2.26. The van der Waals surface area contributed by atoms with Crippen molar-refractivity contribution in [3.63, 3.8) is 0 Å². The minimum Gasteiger partial charge on any atom is -0.392 e. The van der Waals surface area contributed by atoms with Gasteiger partial charge < -0.3 is 9.84 Å². The molecule has 0 radical (unpaired) electrons. The van der Waals surface area contributed by atoms with Gasteiger partial charge in [0.1, 0.15) is 0 Å². The summed E-state index contributed by atoms with van der Waals surface area (Å²) in [6, 6.07) is 4.88. The maximum atomic E-state index is 12.6. The molecule has 21 heavy (non-hydrogen) atoms. The van der Waals surface area contributed by atoms with Gasteiger partial charge in [-0.05, 0) is 42.2 Å². The van der Waals surface area contributed by atoms with Gasteiger partial charge >= 0.3 is 0 Å². The number of hydrogen-bond donors (Lipinski definition) is 1. The summed E-state index contributed by atoms with van der Waals surface area (Å²) >= 11 is 0. The highest BCUT2D eigenvalue weighted by molar-refractivity contribution is 7.89. The van der Waals surface area contributed by atoms with Crippen molar-refractivity contribution in [3.05, 3.63) is 41.0 Å². The smallest absolute Gasteiger partial charge is 0.243 e. The molecule has 0 amide bonds. The summed E-state index contributed by atoms with van der Waals surface area (Å²) in [6.07, 6.45) is 2.59. The zero-order valence-electron chi connectivity index (χ0n) is 12.4. The van der Waals surface area contributed by atoms with Crippen molar-refractivity contribution in [1.29, 1.82) is 0 Å². The maximum absolute atomic E-state index is 12.6. The van der Waals surface area contributed by atoms with Crippen molar-refractivity contribution in [2.24, 2.45) is 0 Å². The molecule has 5 nitrogen and oxygen atoms in total. The Morgan fingerprint density at radius 2 is 2.14 bits per heavy atom. The molecule has 0 spiro atoms. The minimum atomic E-state index is -3.51. The monoisotopic (exact) mass is 311 g/mol. The number of methoxy groups -OCH3 is 1. The van der Waals surface area contributed by atoms with Gasteiger partial charge in [0, 0.05) is 20.2 Å². The van der Waals surface area contributed by atoms with Gasteiger partial charge in [0.05, 0.1) is 18.1 Å². The van der Waals surface area contributed by atoms with Crippen LogP contribution in [-0.4, -0.2) is 44.6 Å². The first kappa shape index (κ1) is 16.2. The first-order chi connectivity index (χ1) is 9.98. The molecular weight excluding hydrogens is 290 g/mol. The molecule has 0 aromatic heterocycles. The summed E-state index contributed by atoms with van der Waals surface area (Å²) < 4.78 is 31.8. The molecule has 0 fully saturated rings. The van der Waals surface area contributed by atoms with E-state index in [1.54, 1.807) is 25.3 Å². The summed E-state index contributed by atoms with van der Waals surface area (Å²) in [5.41, 5.74) is 2.66. The number of hydrogen-bond acceptors (Lipinski definition) is 4. The highest BCUT2D eigenvalue weighted by Crippen LogP contribution is 2.22. The average Bonchev–Trinajstić information content (AvgIpc) is 2.48. The third kappa shape index (κ3) is 3.52. The number of nitrogens with zero attached hydrogens (tertiary/aromatic N) is 1. The molecule has 0 bridgehead atoms. The molecular formula is C15H21NO4S. The van der Waals surface area contributed by atoms with E-state index in [0.717, 1.165) is 11.1 Å². The van der Waals surface area contributed by atoms with Crippen LogP contribution < -0.4 is 0 Å². The van der Waals surface area contributed by atoms with Gasteiger partial charge in [-0.3, -0.25) is 0 Å². The summed E-state index contributed by atoms with van der Waals surface area (Å²) in [4.78, 5) is 0.237. The van der Waals surface area contributed by atoms with Crippen LogP contribution in [0.3, 0.4) is 0 Å². The van der Waals surface area contributed by atoms with Crippen molar-refractivity contribution in [3.8, 4) is 0 Å². The van der Waals surface area contributed by atoms with Crippen molar-refractivity contribution in [2.45, 2.75) is 24.8 Å². The molecule has 0 saturated carbocycles. The molecule has 1 aromatic carbocycles. The van der Waals surface area contributed by atoms with E-state index in [2.05, 4.69) is 0 Å². The second-order valence-electron chi connectivity index (χ2n) is 5.15. The van der Waals surface area contributed by atoms with E-state index >= 15 is 0 Å². The number of aliphatic hydroxyl groups is 1. The zero-order chi connectivity index (χ0) is 15.5. The maximum Gasteiger partial charge on any atom is 0.243 e. The van der Waals surface area contributed by atoms with Gasteiger partial charge in [-0.25, -0.2) is 8.42 Å². The highest BCUT2D eigenvalue weighted by atomic mass is 32.2. The lowest BCUT2D eigenvalue weighted by molar-refractivity contribution is 0.219. The Labute approximate surface area is 125 Å². The Balaban J connectivity index is 2.23. The molecule has 0 unspecified atom stereocenters. The topological polar surface area (TPSA) is 66.8 Å². The minimum absolute atomic E-state index is 0.160. The first-order valence-corrected chi connectivity index (χ1v) is 8.30. The highest BCUT2D eigenvalue weighted by Gasteiger charge is 2.26. The molecule has 0 aliphatic carbocycles. The molecule has 1 heterocycles. The third-order valence-electron chi connectivity index (χ3n) is 3.72. The van der Waals surface area contributed by atoms with Gasteiger partial charge in [0.25, 0.3) is 0 Å². The third-order valence-corrected chi connectivity index (χ3v) is 5.59. The van der Waals surface area contributed by atoms with Gasteiger partial charge in [-0.1, -0.05) is 12.1 Å². The largest absolute Gasteiger partial charge is 0.392 e. The van der Waals surface area contributed by atoms with Crippen LogP contribution in [0.5, 0.6) is 0 Å². The Morgan fingerprint density at radius 1 is 1.38 bits per heavy atom. The molecule has 6 heteroatoms. The van der Waals surface area contributed by atoms with Gasteiger partial charge in [-0.15, -0.1) is 0 Å². The SMILES string of the molecule is COCC1=CCN(S(=O)(=O)c2ccc(C)c(CO)c2)CC1. The van der Waals surface area contributed by atoms with Crippen LogP contribution in [0, 0.1) is 6.92 Å². The predicted octanol–water partition coefficient (Wildman–Crippen LogP) is 1.45. The normalized spacial score (nSPS) is 16.8. The van der Waals surface area contributed by atoms with Crippen LogP contribution in [0.25, 0.3) is 0 Å². The van der Waals surface area contributed by atoms with Crippen molar-refractivity contribution in [1.82, 2.24) is 4.31 Å². The van der Waals surface area contributed by atoms with E-state index in [1.165, 1.54) is 4.31 Å². The second-order valence-corrected chi connectivity index (χ2v) is 7.09. The second kappa shape index (κ2) is 6.70. The van der Waals surface area contributed by atoms with Crippen molar-refractivity contribution < 1.29 is 18.3 Å². The Hall–Kier alpha value is -1.21. The van der Waals surface area contributed by atoms with E-state index in [0.29, 0.717) is 31.7 Å². The lowest BCUT2D eigenvalue weighted by atomic mass is 10.1. The van der Waals surface area contributed by atoms with Crippen LogP contribution in [0.4, 0.5) is 0 Å². The van der Waals surface area contributed by atoms with E-state index in [4.69, 9.17) is 4.74 Å². The fourth-order valence-electron chi connectivity index (χ4n) is 2.36. The van der Waals surface area contributed by atoms with Crippen LogP contribution in [0.15, 0.2) is 34.7 Å². The number of sulfonamides is 1. The van der Waals surface area contributed by atoms with E-state index in [-0.39, 0.29) is 11.5 Å². The molecule has 1 aliphatic heterocycles. The number of ether oxygens (including phenoxy) is 1. The Bertz CT molecular complexity index is 637. The van der Waals surface area contributed by atoms with Gasteiger partial charge in [0.15, 0.2) is 0 Å². The Morgan fingerprint density at radius 3 is 2.71 bits per heavy atom. The number of aliphatic hydroxyl groups excluding tert-OH is 1. The van der Waals surface area contributed by atoms with E-state index in [1.807, 2.05) is 13.0 Å². The molecule has 1 aliphatic rings. The Kier molecular flexibility index (Phi) is 5.16. The first-order valence-electron chi connectivity index (χ1n) is 6.86. The fraction of sp³-hybridized carbons (Fsp3) is 0.467. The van der Waals surface area contributed by atoms with Crippen LogP contribution in [-0.2, 0) is 21.4 Å². The summed E-state index contributed by atoms with van der Waals surface area (Å²) in [6.45, 7) is 3.06. The van der Waals surface area contributed by atoms with Crippen molar-refractivity contribution >= 4 is 10.0 Å². The van der Waals surface area contributed by atoms with Crippen LogP contribution >= 0.6 is 0 Å². The molecule has 1 aromatic rings. The molecule has 2 rings (SSSR count). The van der Waals surface area contributed by atoms with Crippen LogP contribution in [0.1, 0.15) is 17.5 Å². The fourth-order valence-corrected chi connectivity index (χ4v) is 3.79. The summed E-state index contributed by atoms with van der Waals surface area (Å²) in [5.74, 6) is 0. The summed E-state index contributed by atoms with van der Waals surface area (Å²) in [7, 11) is -1.88. The van der Waals surface area contributed by atoms with Gasteiger partial charge in [-0.2, -0.15) is 4.31 Å². The van der Waals surface area contributed by atoms with E-state index < -0.39 is 10.0 Å². The molecule has 0 atom stereocenters. The van der Waals surface area contributed by atoms with Crippen molar-refractivity contribution in [2.75, 3.05) is 26.8 Å². The molecule has 0 saturated heterocycles. The molecule has 1 N–H and O–H groups in total. The average molecular weight is 311 g/mol. The number of aryl methyl sites for hydroxylation is 1. The predicted molar refractivity (Wildman–Crippen MR) is 80.4 cm³/mol. The standard InChI is InChI=1S/C15H21NO4S/c1-12-3-4-15(9-14(12)10-17)21(18,19)16-7-5-13(6-8-16)11-20-2/h3-5,9,17H,6-8,10-11H2,1-2H3. The zero-order valence-corrected chi connectivity index (χ0v) is 13.2.